The van der Waals surface area contributed by atoms with E-state index in [0.29, 0.717) is 0 Å². The van der Waals surface area contributed by atoms with Crippen molar-refractivity contribution in [3.8, 4) is 0 Å². The highest BCUT2D eigenvalue weighted by molar-refractivity contribution is 7.13. The van der Waals surface area contributed by atoms with Gasteiger partial charge in [0.1, 0.15) is 5.60 Å². The van der Waals surface area contributed by atoms with Crippen LogP contribution in [0, 0.1) is 0 Å². The van der Waals surface area contributed by atoms with Crippen molar-refractivity contribution in [2.75, 3.05) is 0 Å². The third-order valence-corrected chi connectivity index (χ3v) is 8.59. The Bertz CT molecular complexity index is 316. The van der Waals surface area contributed by atoms with E-state index in [2.05, 4.69) is 25.6 Å². The molecule has 0 aliphatic rings. The molecule has 0 unspecified atom stereocenters. The molecule has 0 amide bonds. The highest BCUT2D eigenvalue weighted by atomic mass is 28.3. The van der Waals surface area contributed by atoms with Crippen LogP contribution in [0.5, 0.6) is 0 Å². The van der Waals surface area contributed by atoms with Gasteiger partial charge in [0.25, 0.3) is 0 Å². The summed E-state index contributed by atoms with van der Waals surface area (Å²) < 4.78 is 5.31. The van der Waals surface area contributed by atoms with Crippen molar-refractivity contribution in [2.24, 2.45) is 0 Å². The Labute approximate surface area is 105 Å². The zero-order valence-corrected chi connectivity index (χ0v) is 12.8. The van der Waals surface area contributed by atoms with Crippen molar-refractivity contribution in [2.45, 2.75) is 65.3 Å². The number of carbonyl (C=O) groups excluding carboxylic acids is 1. The van der Waals surface area contributed by atoms with Gasteiger partial charge in [0.05, 0.1) is 0 Å². The second kappa shape index (κ2) is 6.12. The van der Waals surface area contributed by atoms with E-state index < -0.39 is 19.6 Å². The minimum atomic E-state index is -1.98. The Kier molecular flexibility index (Phi) is 5.79. The number of hydrogen-bond acceptors (Lipinski definition) is 2. The fourth-order valence-corrected chi connectivity index (χ4v) is 5.14. The summed E-state index contributed by atoms with van der Waals surface area (Å²) in [5.41, 5.74) is 8.59. The molecule has 98 valence electrons. The molecule has 0 N–H and O–H groups in total. The van der Waals surface area contributed by atoms with Gasteiger partial charge in [-0.25, -0.2) is 4.79 Å². The lowest BCUT2D eigenvalue weighted by Crippen LogP contribution is -2.49. The van der Waals surface area contributed by atoms with Crippen molar-refractivity contribution < 1.29 is 14.3 Å². The summed E-state index contributed by atoms with van der Waals surface area (Å²) in [4.78, 5) is 15.3. The Morgan fingerprint density at radius 1 is 1.18 bits per heavy atom. The summed E-state index contributed by atoms with van der Waals surface area (Å²) >= 11 is 0. The Balaban J connectivity index is 5.22. The summed E-state index contributed by atoms with van der Waals surface area (Å²) in [5, 5.41) is 0.278. The maximum Gasteiger partial charge on any atom is 0.410 e. The molecule has 0 bridgehead atoms. The van der Waals surface area contributed by atoms with E-state index in [1.807, 2.05) is 20.8 Å². The second-order valence-corrected chi connectivity index (χ2v) is 10.4. The molecule has 0 fully saturated rings. The van der Waals surface area contributed by atoms with Crippen molar-refractivity contribution >= 4 is 19.4 Å². The largest absolute Gasteiger partial charge is 0.452 e. The predicted molar refractivity (Wildman–Crippen MR) is 71.7 cm³/mol. The zero-order chi connectivity index (χ0) is 13.7. The summed E-state index contributed by atoms with van der Waals surface area (Å²) in [5.74, 6) is -0.461. The van der Waals surface area contributed by atoms with Gasteiger partial charge in [0.15, 0.2) is 0 Å². The third kappa shape index (κ3) is 4.09. The second-order valence-electron chi connectivity index (χ2n) is 5.29. The number of rotatable bonds is 5. The molecule has 0 heterocycles. The van der Waals surface area contributed by atoms with Crippen LogP contribution in [0.25, 0.3) is 5.53 Å². The van der Waals surface area contributed by atoms with E-state index >= 15 is 0 Å². The molecule has 0 aliphatic heterocycles. The quantitative estimate of drug-likeness (QED) is 0.249. The molecule has 0 radical (unpaired) electrons. The Morgan fingerprint density at radius 3 is 1.82 bits per heavy atom. The fourth-order valence-electron chi connectivity index (χ4n) is 1.94. The van der Waals surface area contributed by atoms with Crippen molar-refractivity contribution in [1.82, 2.24) is 0 Å². The van der Waals surface area contributed by atoms with E-state index in [0.717, 1.165) is 18.1 Å². The first-order valence-electron chi connectivity index (χ1n) is 6.22. The van der Waals surface area contributed by atoms with Gasteiger partial charge in [-0.15, -0.1) is 0 Å². The first kappa shape index (κ1) is 16.1. The number of carbonyl (C=O) groups is 1. The van der Waals surface area contributed by atoms with Crippen LogP contribution in [0.3, 0.4) is 0 Å². The van der Waals surface area contributed by atoms with Crippen LogP contribution in [-0.2, 0) is 9.53 Å². The summed E-state index contributed by atoms with van der Waals surface area (Å²) in [6.45, 7) is 11.6. The van der Waals surface area contributed by atoms with Crippen molar-refractivity contribution in [3.05, 3.63) is 5.53 Å². The first-order chi connectivity index (χ1) is 7.76. The normalized spacial score (nSPS) is 11.9. The summed E-state index contributed by atoms with van der Waals surface area (Å²) in [6, 6.07) is 2.66. The third-order valence-electron chi connectivity index (χ3n) is 3.22. The Hall–Kier alpha value is -0.933. The lowest BCUT2D eigenvalue weighted by molar-refractivity contribution is -0.150. The molecule has 5 heteroatoms. The van der Waals surface area contributed by atoms with E-state index in [1.165, 1.54) is 0 Å². The maximum absolute atomic E-state index is 12.0. The molecule has 0 spiro atoms. The van der Waals surface area contributed by atoms with Crippen LogP contribution in [-0.4, -0.2) is 29.8 Å². The molecule has 0 aromatic rings. The Morgan fingerprint density at radius 2 is 1.59 bits per heavy atom. The molecule has 4 nitrogen and oxygen atoms in total. The van der Waals surface area contributed by atoms with Crippen molar-refractivity contribution in [1.29, 1.82) is 0 Å². The van der Waals surface area contributed by atoms with E-state index in [1.54, 1.807) is 0 Å². The van der Waals surface area contributed by atoms with Gasteiger partial charge in [-0.1, -0.05) is 20.8 Å². The average molecular weight is 256 g/mol. The van der Waals surface area contributed by atoms with Gasteiger partial charge in [-0.2, -0.15) is 4.79 Å². The predicted octanol–water partition coefficient (Wildman–Crippen LogP) is 3.05. The van der Waals surface area contributed by atoms with Crippen molar-refractivity contribution in [3.63, 3.8) is 0 Å². The van der Waals surface area contributed by atoms with Crippen LogP contribution in [0.1, 0.15) is 41.5 Å². The molecular formula is C12H24N2O2Si. The molecule has 0 saturated carbocycles. The number of nitrogens with zero attached hydrogens (tertiary/aromatic N) is 2. The first-order valence-corrected chi connectivity index (χ1v) is 8.84. The number of esters is 1. The van der Waals surface area contributed by atoms with E-state index in [4.69, 9.17) is 10.3 Å². The van der Waals surface area contributed by atoms with Gasteiger partial charge >= 0.3 is 11.3 Å². The number of ether oxygens (including phenoxy) is 1. The fraction of sp³-hybridized carbons (Fsp3) is 0.833. The highest BCUT2D eigenvalue weighted by Gasteiger charge is 2.47. The van der Waals surface area contributed by atoms with Gasteiger partial charge in [0.2, 0.25) is 8.07 Å². The zero-order valence-electron chi connectivity index (χ0n) is 11.8. The van der Waals surface area contributed by atoms with Crippen LogP contribution < -0.4 is 0 Å². The molecule has 0 aliphatic carbocycles. The van der Waals surface area contributed by atoms with Crippen LogP contribution in [0.4, 0.5) is 0 Å². The maximum atomic E-state index is 12.0. The minimum absolute atomic E-state index is 0.278. The van der Waals surface area contributed by atoms with Gasteiger partial charge < -0.3 is 10.3 Å². The van der Waals surface area contributed by atoms with Crippen LogP contribution in [0.15, 0.2) is 0 Å². The lowest BCUT2D eigenvalue weighted by atomic mass is 10.2. The average Bonchev–Trinajstić information content (AvgIpc) is 2.23. The molecule has 0 atom stereocenters. The molecule has 0 aromatic carbocycles. The van der Waals surface area contributed by atoms with Gasteiger partial charge in [0, 0.05) is 0 Å². The van der Waals surface area contributed by atoms with E-state index in [9.17, 15) is 4.79 Å². The molecule has 0 saturated heterocycles. The lowest BCUT2D eigenvalue weighted by Gasteiger charge is -2.24. The standard InChI is InChI=1S/C12H24N2O2Si/c1-7-17(8-2,9-3)10(14-13)11(15)16-12(4,5)6/h7-9H2,1-6H3. The van der Waals surface area contributed by atoms with Crippen LogP contribution >= 0.6 is 0 Å². The molecule has 17 heavy (non-hydrogen) atoms. The monoisotopic (exact) mass is 256 g/mol. The number of hydrogen-bond donors (Lipinski definition) is 0. The summed E-state index contributed by atoms with van der Waals surface area (Å²) in [7, 11) is -1.98. The summed E-state index contributed by atoms with van der Waals surface area (Å²) in [6.07, 6.45) is 0. The van der Waals surface area contributed by atoms with Crippen LogP contribution in [0.2, 0.25) is 18.1 Å². The highest BCUT2D eigenvalue weighted by Crippen LogP contribution is 2.23. The smallest absolute Gasteiger partial charge is 0.410 e. The van der Waals surface area contributed by atoms with Gasteiger partial charge in [-0.05, 0) is 38.9 Å². The van der Waals surface area contributed by atoms with E-state index in [-0.39, 0.29) is 5.33 Å². The SMILES string of the molecule is CC[Si](CC)(CC)C(=[N+]=[N-])C(=O)OC(C)(C)C. The topological polar surface area (TPSA) is 62.7 Å². The molecule has 0 aromatic heterocycles. The molecule has 0 rings (SSSR count). The minimum Gasteiger partial charge on any atom is -0.452 e. The molecular weight excluding hydrogens is 232 g/mol. The van der Waals surface area contributed by atoms with Gasteiger partial charge in [-0.3, -0.25) is 0 Å².